The second-order valence-electron chi connectivity index (χ2n) is 3.27. The zero-order valence-electron chi connectivity index (χ0n) is 8.41. The summed E-state index contributed by atoms with van der Waals surface area (Å²) < 4.78 is 25.8. The van der Waals surface area contributed by atoms with Crippen LogP contribution in [0.1, 0.15) is 10.6 Å². The predicted molar refractivity (Wildman–Crippen MR) is 59.0 cm³/mol. The van der Waals surface area contributed by atoms with Gasteiger partial charge in [-0.1, -0.05) is 6.07 Å². The van der Waals surface area contributed by atoms with Gasteiger partial charge in [-0.2, -0.15) is 0 Å². The monoisotopic (exact) mass is 240 g/mol. The smallest absolute Gasteiger partial charge is 0.130 e. The maximum atomic E-state index is 13.2. The van der Waals surface area contributed by atoms with E-state index in [1.807, 2.05) is 5.38 Å². The van der Waals surface area contributed by atoms with Gasteiger partial charge in [-0.3, -0.25) is 0 Å². The van der Waals surface area contributed by atoms with Gasteiger partial charge in [0.2, 0.25) is 0 Å². The van der Waals surface area contributed by atoms with Gasteiger partial charge in [0.15, 0.2) is 0 Å². The highest BCUT2D eigenvalue weighted by Gasteiger charge is 2.03. The zero-order chi connectivity index (χ0) is 11.4. The molecule has 0 saturated heterocycles. The molecule has 0 radical (unpaired) electrons. The van der Waals surface area contributed by atoms with E-state index in [0.29, 0.717) is 18.7 Å². The fourth-order valence-electron chi connectivity index (χ4n) is 1.31. The Morgan fingerprint density at radius 2 is 2.12 bits per heavy atom. The van der Waals surface area contributed by atoms with Crippen LogP contribution in [0.3, 0.4) is 0 Å². The summed E-state index contributed by atoms with van der Waals surface area (Å²) in [6.07, 6.45) is 1.72. The van der Waals surface area contributed by atoms with Crippen LogP contribution in [-0.2, 0) is 13.1 Å². The highest BCUT2D eigenvalue weighted by Crippen LogP contribution is 2.09. The van der Waals surface area contributed by atoms with E-state index < -0.39 is 11.6 Å². The molecule has 84 valence electrons. The van der Waals surface area contributed by atoms with E-state index in [1.165, 1.54) is 23.5 Å². The molecule has 0 saturated carbocycles. The minimum Gasteiger partial charge on any atom is -0.306 e. The van der Waals surface area contributed by atoms with Gasteiger partial charge >= 0.3 is 0 Å². The molecule has 16 heavy (non-hydrogen) atoms. The number of nitrogens with zero attached hydrogens (tertiary/aromatic N) is 1. The van der Waals surface area contributed by atoms with Crippen LogP contribution in [0.2, 0.25) is 0 Å². The van der Waals surface area contributed by atoms with Crippen LogP contribution in [0.4, 0.5) is 8.78 Å². The molecule has 0 unspecified atom stereocenters. The fraction of sp³-hybridized carbons (Fsp3) is 0.182. The summed E-state index contributed by atoms with van der Waals surface area (Å²) in [6, 6.07) is 3.59. The highest BCUT2D eigenvalue weighted by atomic mass is 32.1. The van der Waals surface area contributed by atoms with Crippen molar-refractivity contribution in [1.82, 2.24) is 10.3 Å². The second-order valence-corrected chi connectivity index (χ2v) is 4.24. The zero-order valence-corrected chi connectivity index (χ0v) is 9.23. The van der Waals surface area contributed by atoms with Crippen molar-refractivity contribution in [1.29, 1.82) is 0 Å². The van der Waals surface area contributed by atoms with Crippen LogP contribution in [0.5, 0.6) is 0 Å². The topological polar surface area (TPSA) is 24.9 Å². The normalized spacial score (nSPS) is 10.6. The van der Waals surface area contributed by atoms with E-state index >= 15 is 0 Å². The van der Waals surface area contributed by atoms with Gasteiger partial charge in [-0.05, 0) is 6.07 Å². The van der Waals surface area contributed by atoms with Gasteiger partial charge in [-0.15, -0.1) is 11.3 Å². The molecule has 0 amide bonds. The van der Waals surface area contributed by atoms with Crippen LogP contribution >= 0.6 is 11.3 Å². The molecule has 0 atom stereocenters. The van der Waals surface area contributed by atoms with E-state index in [9.17, 15) is 8.78 Å². The molecule has 2 rings (SSSR count). The van der Waals surface area contributed by atoms with Gasteiger partial charge in [-0.25, -0.2) is 13.8 Å². The first kappa shape index (κ1) is 11.2. The van der Waals surface area contributed by atoms with Crippen LogP contribution in [0.15, 0.2) is 29.8 Å². The first-order valence-corrected chi connectivity index (χ1v) is 5.66. The summed E-state index contributed by atoms with van der Waals surface area (Å²) in [5.41, 5.74) is 0.456. The van der Waals surface area contributed by atoms with Gasteiger partial charge in [0.25, 0.3) is 0 Å². The first-order valence-electron chi connectivity index (χ1n) is 4.79. The van der Waals surface area contributed by atoms with E-state index in [1.54, 1.807) is 6.20 Å². The third-order valence-electron chi connectivity index (χ3n) is 2.09. The Labute approximate surface area is 96.0 Å². The summed E-state index contributed by atoms with van der Waals surface area (Å²) in [4.78, 5) is 4.09. The fourth-order valence-corrected chi connectivity index (χ4v) is 1.90. The molecule has 2 nitrogen and oxygen atoms in total. The molecule has 1 aromatic carbocycles. The molecular formula is C11H10F2N2S. The number of rotatable bonds is 4. The van der Waals surface area contributed by atoms with Crippen molar-refractivity contribution in [2.75, 3.05) is 0 Å². The molecule has 1 N–H and O–H groups in total. The first-order chi connectivity index (χ1) is 7.75. The maximum Gasteiger partial charge on any atom is 0.130 e. The lowest BCUT2D eigenvalue weighted by molar-refractivity contribution is 0.560. The second kappa shape index (κ2) is 5.14. The van der Waals surface area contributed by atoms with E-state index in [0.717, 1.165) is 11.1 Å². The van der Waals surface area contributed by atoms with Crippen LogP contribution in [0, 0.1) is 11.6 Å². The van der Waals surface area contributed by atoms with Crippen molar-refractivity contribution in [2.45, 2.75) is 13.1 Å². The summed E-state index contributed by atoms with van der Waals surface area (Å²) in [5.74, 6) is -1.08. The lowest BCUT2D eigenvalue weighted by Gasteiger charge is -2.04. The van der Waals surface area contributed by atoms with Gasteiger partial charge in [0.05, 0.1) is 0 Å². The van der Waals surface area contributed by atoms with Crippen molar-refractivity contribution < 1.29 is 8.78 Å². The number of halogens is 2. The lowest BCUT2D eigenvalue weighted by Crippen LogP contribution is -2.13. The Morgan fingerprint density at radius 1 is 1.25 bits per heavy atom. The van der Waals surface area contributed by atoms with Crippen LogP contribution < -0.4 is 5.32 Å². The quantitative estimate of drug-likeness (QED) is 0.888. The largest absolute Gasteiger partial charge is 0.306 e. The molecule has 0 bridgehead atoms. The number of aromatic nitrogens is 1. The Morgan fingerprint density at radius 3 is 2.81 bits per heavy atom. The molecule has 5 heteroatoms. The number of nitrogens with one attached hydrogen (secondary N) is 1. The third-order valence-corrected chi connectivity index (χ3v) is 2.87. The van der Waals surface area contributed by atoms with Crippen molar-refractivity contribution in [3.05, 3.63) is 52.0 Å². The van der Waals surface area contributed by atoms with E-state index in [-0.39, 0.29) is 0 Å². The predicted octanol–water partition coefficient (Wildman–Crippen LogP) is 2.71. The standard InChI is InChI=1S/C11H10F2N2S/c12-9-2-1-8(10(13)5-9)6-14-7-11-15-3-4-16-11/h1-5,14H,6-7H2. The van der Waals surface area contributed by atoms with Crippen molar-refractivity contribution in [3.63, 3.8) is 0 Å². The third kappa shape index (κ3) is 2.84. The van der Waals surface area contributed by atoms with E-state index in [4.69, 9.17) is 0 Å². The minimum atomic E-state index is -0.554. The van der Waals surface area contributed by atoms with Crippen LogP contribution in [-0.4, -0.2) is 4.98 Å². The molecule has 1 aromatic heterocycles. The average molecular weight is 240 g/mol. The van der Waals surface area contributed by atoms with Gasteiger partial charge in [0, 0.05) is 36.3 Å². The van der Waals surface area contributed by atoms with Gasteiger partial charge < -0.3 is 5.32 Å². The van der Waals surface area contributed by atoms with Crippen molar-refractivity contribution in [3.8, 4) is 0 Å². The number of benzene rings is 1. The summed E-state index contributed by atoms with van der Waals surface area (Å²) in [7, 11) is 0. The molecule has 0 spiro atoms. The molecule has 0 aliphatic rings. The minimum absolute atomic E-state index is 0.367. The van der Waals surface area contributed by atoms with Crippen molar-refractivity contribution >= 4 is 11.3 Å². The SMILES string of the molecule is Fc1ccc(CNCc2nccs2)c(F)c1. The molecular weight excluding hydrogens is 230 g/mol. The lowest BCUT2D eigenvalue weighted by atomic mass is 10.2. The Bertz CT molecular complexity index is 457. The number of hydrogen-bond donors (Lipinski definition) is 1. The Hall–Kier alpha value is -1.33. The van der Waals surface area contributed by atoms with Crippen molar-refractivity contribution in [2.24, 2.45) is 0 Å². The Kier molecular flexibility index (Phi) is 3.58. The Balaban J connectivity index is 1.90. The molecule has 1 heterocycles. The van der Waals surface area contributed by atoms with E-state index in [2.05, 4.69) is 10.3 Å². The molecule has 0 fully saturated rings. The highest BCUT2D eigenvalue weighted by molar-refractivity contribution is 7.09. The average Bonchev–Trinajstić information content (AvgIpc) is 2.74. The summed E-state index contributed by atoms with van der Waals surface area (Å²) in [6.45, 7) is 0.959. The van der Waals surface area contributed by atoms with Gasteiger partial charge in [0.1, 0.15) is 16.6 Å². The summed E-state index contributed by atoms with van der Waals surface area (Å²) in [5, 5.41) is 5.88. The molecule has 0 aliphatic heterocycles. The molecule has 2 aromatic rings. The summed E-state index contributed by atoms with van der Waals surface area (Å²) >= 11 is 1.54. The number of hydrogen-bond acceptors (Lipinski definition) is 3. The maximum absolute atomic E-state index is 13.2. The molecule has 0 aliphatic carbocycles. The number of thiazole rings is 1. The van der Waals surface area contributed by atoms with Crippen LogP contribution in [0.25, 0.3) is 0 Å².